The Balaban J connectivity index is 2.00. The van der Waals surface area contributed by atoms with E-state index >= 15 is 0 Å². The van der Waals surface area contributed by atoms with E-state index in [9.17, 15) is 4.79 Å². The fraction of sp³-hybridized carbons (Fsp3) is 0.357. The van der Waals surface area contributed by atoms with Crippen molar-refractivity contribution in [3.8, 4) is 11.8 Å². The molecule has 0 heterocycles. The third-order valence-corrected chi connectivity index (χ3v) is 2.68. The van der Waals surface area contributed by atoms with Crippen molar-refractivity contribution in [2.75, 3.05) is 13.2 Å². The van der Waals surface area contributed by atoms with E-state index in [1.165, 1.54) is 12.8 Å². The lowest BCUT2D eigenvalue weighted by Gasteiger charge is -2.04. The summed E-state index contributed by atoms with van der Waals surface area (Å²) in [5.41, 5.74) is 1.37. The molecular weight excluding hydrogens is 214 g/mol. The minimum absolute atomic E-state index is 0.0513. The van der Waals surface area contributed by atoms with Gasteiger partial charge >= 0.3 is 0 Å². The molecule has 0 aliphatic heterocycles. The van der Waals surface area contributed by atoms with E-state index in [1.54, 1.807) is 18.2 Å². The Labute approximate surface area is 101 Å². The van der Waals surface area contributed by atoms with Crippen molar-refractivity contribution in [3.63, 3.8) is 0 Å². The Morgan fingerprint density at radius 1 is 1.47 bits per heavy atom. The molecule has 0 spiro atoms. The molecule has 1 aliphatic rings. The zero-order valence-corrected chi connectivity index (χ0v) is 9.57. The van der Waals surface area contributed by atoms with Gasteiger partial charge in [0, 0.05) is 17.7 Å². The minimum atomic E-state index is -0.169. The summed E-state index contributed by atoms with van der Waals surface area (Å²) in [4.78, 5) is 11.8. The van der Waals surface area contributed by atoms with Gasteiger partial charge in [-0.25, -0.2) is 0 Å². The predicted molar refractivity (Wildman–Crippen MR) is 65.5 cm³/mol. The number of hydrogen-bond acceptors (Lipinski definition) is 2. The summed E-state index contributed by atoms with van der Waals surface area (Å²) in [6, 6.07) is 7.13. The molecule has 0 radical (unpaired) electrons. The molecule has 1 fully saturated rings. The van der Waals surface area contributed by atoms with Gasteiger partial charge in [-0.3, -0.25) is 4.79 Å². The highest BCUT2D eigenvalue weighted by Crippen LogP contribution is 2.27. The van der Waals surface area contributed by atoms with Gasteiger partial charge in [-0.15, -0.1) is 0 Å². The Kier molecular flexibility index (Phi) is 3.79. The maximum atomic E-state index is 11.8. The number of carbonyl (C=O) groups excluding carboxylic acids is 1. The molecule has 1 amide bonds. The fourth-order valence-electron chi connectivity index (χ4n) is 1.54. The molecule has 0 bridgehead atoms. The smallest absolute Gasteiger partial charge is 0.251 e. The maximum absolute atomic E-state index is 11.8. The largest absolute Gasteiger partial charge is 0.384 e. The molecule has 88 valence electrons. The van der Waals surface area contributed by atoms with Crippen molar-refractivity contribution < 1.29 is 9.90 Å². The summed E-state index contributed by atoms with van der Waals surface area (Å²) in [6.45, 7) is 0.601. The highest BCUT2D eigenvalue weighted by molar-refractivity contribution is 5.94. The molecule has 3 nitrogen and oxygen atoms in total. The van der Waals surface area contributed by atoms with Gasteiger partial charge in [0.1, 0.15) is 6.61 Å². The van der Waals surface area contributed by atoms with Crippen molar-refractivity contribution in [1.82, 2.24) is 5.32 Å². The summed E-state index contributed by atoms with van der Waals surface area (Å²) in [7, 11) is 0. The van der Waals surface area contributed by atoms with Crippen LogP contribution in [-0.2, 0) is 0 Å². The lowest BCUT2D eigenvalue weighted by molar-refractivity contribution is 0.0952. The standard InChI is InChI=1S/C14H15NO2/c16-8-2-4-11-3-1-5-13(9-11)14(17)15-10-12-6-7-12/h1,3,5,9,12,16H,6-8,10H2,(H,15,17). The van der Waals surface area contributed by atoms with E-state index in [1.807, 2.05) is 6.07 Å². The zero-order valence-electron chi connectivity index (χ0n) is 9.57. The Bertz CT molecular complexity index is 467. The van der Waals surface area contributed by atoms with Crippen LogP contribution in [0, 0.1) is 17.8 Å². The second kappa shape index (κ2) is 5.51. The van der Waals surface area contributed by atoms with Crippen LogP contribution >= 0.6 is 0 Å². The molecule has 1 saturated carbocycles. The quantitative estimate of drug-likeness (QED) is 0.764. The van der Waals surface area contributed by atoms with E-state index in [0.717, 1.165) is 12.1 Å². The predicted octanol–water partition coefficient (Wildman–Crippen LogP) is 1.17. The number of amides is 1. The Morgan fingerprint density at radius 3 is 3.00 bits per heavy atom. The van der Waals surface area contributed by atoms with Gasteiger partial charge < -0.3 is 10.4 Å². The van der Waals surface area contributed by atoms with Crippen LogP contribution in [0.3, 0.4) is 0 Å². The molecular formula is C14H15NO2. The number of carbonyl (C=O) groups is 1. The number of benzene rings is 1. The van der Waals surface area contributed by atoms with E-state index in [0.29, 0.717) is 11.5 Å². The minimum Gasteiger partial charge on any atom is -0.384 e. The van der Waals surface area contributed by atoms with Gasteiger partial charge in [0.2, 0.25) is 0 Å². The second-order valence-electron chi connectivity index (χ2n) is 4.19. The highest BCUT2D eigenvalue weighted by atomic mass is 16.2. The first-order valence-electron chi connectivity index (χ1n) is 5.77. The first kappa shape index (κ1) is 11.7. The summed E-state index contributed by atoms with van der Waals surface area (Å²) < 4.78 is 0. The molecule has 0 aromatic heterocycles. The molecule has 1 aromatic carbocycles. The van der Waals surface area contributed by atoms with Gasteiger partial charge in [0.05, 0.1) is 0 Å². The number of hydrogen-bond donors (Lipinski definition) is 2. The van der Waals surface area contributed by atoms with Crippen molar-refractivity contribution in [2.24, 2.45) is 5.92 Å². The average Bonchev–Trinajstić information content (AvgIpc) is 3.18. The molecule has 2 N–H and O–H groups in total. The normalized spacial score (nSPS) is 13.7. The van der Waals surface area contributed by atoms with Gasteiger partial charge in [0.25, 0.3) is 5.91 Å². The van der Waals surface area contributed by atoms with Crippen LogP contribution in [0.5, 0.6) is 0 Å². The maximum Gasteiger partial charge on any atom is 0.251 e. The van der Waals surface area contributed by atoms with E-state index < -0.39 is 0 Å². The molecule has 3 heteroatoms. The highest BCUT2D eigenvalue weighted by Gasteiger charge is 2.21. The first-order chi connectivity index (χ1) is 8.29. The zero-order chi connectivity index (χ0) is 12.1. The SMILES string of the molecule is O=C(NCC1CC1)c1cccc(C#CCO)c1. The van der Waals surface area contributed by atoms with Crippen molar-refractivity contribution in [2.45, 2.75) is 12.8 Å². The number of nitrogens with one attached hydrogen (secondary N) is 1. The molecule has 1 aromatic rings. The van der Waals surface area contributed by atoms with Crippen LogP contribution in [0.1, 0.15) is 28.8 Å². The van der Waals surface area contributed by atoms with Gasteiger partial charge in [-0.05, 0) is 37.0 Å². The summed E-state index contributed by atoms with van der Waals surface area (Å²) in [6.07, 6.45) is 2.45. The van der Waals surface area contributed by atoms with E-state index in [2.05, 4.69) is 17.2 Å². The van der Waals surface area contributed by atoms with Crippen LogP contribution in [0.15, 0.2) is 24.3 Å². The second-order valence-corrected chi connectivity index (χ2v) is 4.19. The third-order valence-electron chi connectivity index (χ3n) is 2.68. The lowest BCUT2D eigenvalue weighted by atomic mass is 10.1. The summed E-state index contributed by atoms with van der Waals surface area (Å²) >= 11 is 0. The van der Waals surface area contributed by atoms with Crippen LogP contribution in [0.25, 0.3) is 0 Å². The van der Waals surface area contributed by atoms with Crippen molar-refractivity contribution >= 4 is 5.91 Å². The van der Waals surface area contributed by atoms with E-state index in [-0.39, 0.29) is 12.5 Å². The van der Waals surface area contributed by atoms with Crippen LogP contribution < -0.4 is 5.32 Å². The molecule has 2 rings (SSSR count). The number of aliphatic hydroxyl groups is 1. The van der Waals surface area contributed by atoms with Crippen molar-refractivity contribution in [1.29, 1.82) is 0 Å². The van der Waals surface area contributed by atoms with Gasteiger partial charge in [-0.2, -0.15) is 0 Å². The van der Waals surface area contributed by atoms with Crippen LogP contribution in [-0.4, -0.2) is 24.2 Å². The first-order valence-corrected chi connectivity index (χ1v) is 5.77. The van der Waals surface area contributed by atoms with Crippen molar-refractivity contribution in [3.05, 3.63) is 35.4 Å². The Morgan fingerprint density at radius 2 is 2.29 bits per heavy atom. The Hall–Kier alpha value is -1.79. The average molecular weight is 229 g/mol. The fourth-order valence-corrected chi connectivity index (χ4v) is 1.54. The molecule has 0 atom stereocenters. The monoisotopic (exact) mass is 229 g/mol. The van der Waals surface area contributed by atoms with Gasteiger partial charge in [0.15, 0.2) is 0 Å². The lowest BCUT2D eigenvalue weighted by Crippen LogP contribution is -2.25. The van der Waals surface area contributed by atoms with Crippen LogP contribution in [0.4, 0.5) is 0 Å². The molecule has 0 saturated heterocycles. The number of aliphatic hydroxyl groups excluding tert-OH is 1. The van der Waals surface area contributed by atoms with Crippen LogP contribution in [0.2, 0.25) is 0 Å². The molecule has 0 unspecified atom stereocenters. The van der Waals surface area contributed by atoms with Gasteiger partial charge in [-0.1, -0.05) is 17.9 Å². The van der Waals surface area contributed by atoms with E-state index in [4.69, 9.17) is 5.11 Å². The summed E-state index contributed by atoms with van der Waals surface area (Å²) in [5.74, 6) is 5.98. The number of rotatable bonds is 3. The molecule has 1 aliphatic carbocycles. The summed E-state index contributed by atoms with van der Waals surface area (Å²) in [5, 5.41) is 11.5. The third kappa shape index (κ3) is 3.61. The topological polar surface area (TPSA) is 49.3 Å². The molecule has 17 heavy (non-hydrogen) atoms.